The summed E-state index contributed by atoms with van der Waals surface area (Å²) in [4.78, 5) is 24.5. The van der Waals surface area contributed by atoms with Crippen molar-refractivity contribution in [1.29, 1.82) is 0 Å². The molecule has 0 radical (unpaired) electrons. The summed E-state index contributed by atoms with van der Waals surface area (Å²) in [5.41, 5.74) is 3.38. The molecule has 3 heterocycles. The lowest BCUT2D eigenvalue weighted by Crippen LogP contribution is -2.36. The number of anilines is 2. The van der Waals surface area contributed by atoms with Gasteiger partial charge in [-0.15, -0.1) is 0 Å². The predicted octanol–water partition coefficient (Wildman–Crippen LogP) is 3.73. The molecule has 29 heavy (non-hydrogen) atoms. The van der Waals surface area contributed by atoms with Crippen LogP contribution < -0.4 is 10.9 Å². The van der Waals surface area contributed by atoms with Crippen molar-refractivity contribution in [2.45, 2.75) is 13.0 Å². The Morgan fingerprint density at radius 1 is 0.966 bits per heavy atom. The first kappa shape index (κ1) is 17.6. The number of hydrogen-bond acceptors (Lipinski definition) is 5. The van der Waals surface area contributed by atoms with Crippen molar-refractivity contribution >= 4 is 22.5 Å². The Morgan fingerprint density at radius 2 is 1.79 bits per heavy atom. The van der Waals surface area contributed by atoms with E-state index in [1.165, 1.54) is 25.1 Å². The van der Waals surface area contributed by atoms with Crippen LogP contribution in [0.3, 0.4) is 0 Å². The molecule has 0 atom stereocenters. The summed E-state index contributed by atoms with van der Waals surface area (Å²) >= 11 is 0. The molecule has 4 aromatic rings. The molecule has 6 nitrogen and oxygen atoms in total. The first-order valence-corrected chi connectivity index (χ1v) is 9.78. The first-order chi connectivity index (χ1) is 14.3. The number of pyridine rings is 1. The zero-order valence-corrected chi connectivity index (χ0v) is 16.0. The van der Waals surface area contributed by atoms with E-state index in [4.69, 9.17) is 4.98 Å². The summed E-state index contributed by atoms with van der Waals surface area (Å²) in [7, 11) is 0. The van der Waals surface area contributed by atoms with Crippen molar-refractivity contribution in [1.82, 2.24) is 19.4 Å². The Hall–Kier alpha value is -3.51. The molecule has 0 amide bonds. The molecule has 1 fully saturated rings. The van der Waals surface area contributed by atoms with E-state index in [0.29, 0.717) is 22.5 Å². The summed E-state index contributed by atoms with van der Waals surface area (Å²) in [5.74, 6) is 0.470. The maximum absolute atomic E-state index is 13.2. The lowest BCUT2D eigenvalue weighted by molar-refractivity contribution is 0.172. The van der Waals surface area contributed by atoms with Crippen molar-refractivity contribution in [3.63, 3.8) is 0 Å². The van der Waals surface area contributed by atoms with Gasteiger partial charge in [-0.1, -0.05) is 24.3 Å². The van der Waals surface area contributed by atoms with Gasteiger partial charge in [0.15, 0.2) is 0 Å². The Bertz CT molecular complexity index is 1200. The molecule has 0 spiro atoms. The second kappa shape index (κ2) is 7.48. The molecule has 1 N–H and O–H groups in total. The van der Waals surface area contributed by atoms with E-state index in [9.17, 15) is 4.79 Å². The quantitative estimate of drug-likeness (QED) is 0.569. The van der Waals surface area contributed by atoms with Crippen molar-refractivity contribution < 1.29 is 0 Å². The highest BCUT2D eigenvalue weighted by molar-refractivity contribution is 5.79. The van der Waals surface area contributed by atoms with Crippen LogP contribution in [-0.4, -0.2) is 32.5 Å². The number of likely N-dealkylation sites (tertiary alicyclic amines) is 1. The van der Waals surface area contributed by atoms with Gasteiger partial charge in [0.05, 0.1) is 22.8 Å². The fraction of sp³-hybridized carbons (Fsp3) is 0.174. The number of nitrogens with zero attached hydrogens (tertiary/aromatic N) is 4. The number of para-hydroxylation sites is 1. The lowest BCUT2D eigenvalue weighted by atomic mass is 10.1. The average Bonchev–Trinajstić information content (AvgIpc) is 2.73. The van der Waals surface area contributed by atoms with E-state index < -0.39 is 0 Å². The molecule has 1 aliphatic rings. The molecular formula is C23H21N5O. The fourth-order valence-corrected chi connectivity index (χ4v) is 3.56. The Kier molecular flexibility index (Phi) is 4.54. The Balaban J connectivity index is 1.54. The summed E-state index contributed by atoms with van der Waals surface area (Å²) in [6.45, 7) is 3.34. The Morgan fingerprint density at radius 3 is 2.52 bits per heavy atom. The summed E-state index contributed by atoms with van der Waals surface area (Å²) in [6.07, 6.45) is 4.64. The molecular weight excluding hydrogens is 362 g/mol. The number of rotatable bonds is 5. The van der Waals surface area contributed by atoms with Crippen LogP contribution in [0.1, 0.15) is 12.0 Å². The van der Waals surface area contributed by atoms with Gasteiger partial charge in [0.25, 0.3) is 5.56 Å². The molecule has 5 rings (SSSR count). The summed E-state index contributed by atoms with van der Waals surface area (Å²) < 4.78 is 1.57. The van der Waals surface area contributed by atoms with Gasteiger partial charge in [0, 0.05) is 18.4 Å². The smallest absolute Gasteiger partial charge is 0.267 e. The minimum atomic E-state index is -0.125. The second-order valence-electron chi connectivity index (χ2n) is 7.26. The van der Waals surface area contributed by atoms with Crippen molar-refractivity contribution in [3.05, 3.63) is 89.0 Å². The largest absolute Gasteiger partial charge is 0.325 e. The van der Waals surface area contributed by atoms with Crippen LogP contribution in [-0.2, 0) is 6.54 Å². The minimum absolute atomic E-state index is 0.125. The predicted molar refractivity (Wildman–Crippen MR) is 115 cm³/mol. The monoisotopic (exact) mass is 383 g/mol. The van der Waals surface area contributed by atoms with Crippen LogP contribution in [0.25, 0.3) is 16.6 Å². The van der Waals surface area contributed by atoms with E-state index in [0.717, 1.165) is 12.2 Å². The third-order valence-electron chi connectivity index (χ3n) is 5.24. The van der Waals surface area contributed by atoms with Crippen LogP contribution in [0, 0.1) is 0 Å². The number of fused-ring (bicyclic) bond motifs is 1. The zero-order valence-electron chi connectivity index (χ0n) is 16.0. The van der Waals surface area contributed by atoms with Crippen molar-refractivity contribution in [2.24, 2.45) is 0 Å². The van der Waals surface area contributed by atoms with Crippen LogP contribution in [0.5, 0.6) is 0 Å². The second-order valence-corrected chi connectivity index (χ2v) is 7.26. The molecule has 0 bridgehead atoms. The molecule has 2 aromatic heterocycles. The summed E-state index contributed by atoms with van der Waals surface area (Å²) in [6, 6.07) is 19.4. The maximum Gasteiger partial charge on any atom is 0.267 e. The highest BCUT2D eigenvalue weighted by atomic mass is 16.1. The van der Waals surface area contributed by atoms with Gasteiger partial charge in [-0.25, -0.2) is 9.55 Å². The lowest BCUT2D eigenvalue weighted by Gasteiger charge is -2.30. The van der Waals surface area contributed by atoms with E-state index in [1.807, 2.05) is 42.5 Å². The molecule has 1 aliphatic heterocycles. The molecule has 0 unspecified atom stereocenters. The molecule has 2 aromatic carbocycles. The van der Waals surface area contributed by atoms with Gasteiger partial charge in [-0.05, 0) is 61.5 Å². The maximum atomic E-state index is 13.2. The van der Waals surface area contributed by atoms with Gasteiger partial charge < -0.3 is 5.32 Å². The van der Waals surface area contributed by atoms with Crippen LogP contribution >= 0.6 is 0 Å². The standard InChI is InChI=1S/C23H21N5O/c29-22-20-6-1-2-7-21(20)26-23(28(22)19-5-3-12-24-15-19)25-18-10-8-17(9-11-18)16-27-13-4-14-27/h1-3,5-12,15H,4,13-14,16H2,(H,25,26). The highest BCUT2D eigenvalue weighted by Crippen LogP contribution is 2.21. The molecule has 6 heteroatoms. The van der Waals surface area contributed by atoms with Crippen molar-refractivity contribution in [3.8, 4) is 5.69 Å². The van der Waals surface area contributed by atoms with Gasteiger partial charge in [-0.2, -0.15) is 0 Å². The zero-order chi connectivity index (χ0) is 19.6. The minimum Gasteiger partial charge on any atom is -0.325 e. The van der Waals surface area contributed by atoms with E-state index >= 15 is 0 Å². The third-order valence-corrected chi connectivity index (χ3v) is 5.24. The van der Waals surface area contributed by atoms with Crippen molar-refractivity contribution in [2.75, 3.05) is 18.4 Å². The average molecular weight is 383 g/mol. The molecule has 0 aliphatic carbocycles. The number of aromatic nitrogens is 3. The van der Waals surface area contributed by atoms with Crippen LogP contribution in [0.2, 0.25) is 0 Å². The van der Waals surface area contributed by atoms with Crippen LogP contribution in [0.15, 0.2) is 77.9 Å². The highest BCUT2D eigenvalue weighted by Gasteiger charge is 2.15. The number of benzene rings is 2. The molecule has 144 valence electrons. The fourth-order valence-electron chi connectivity index (χ4n) is 3.56. The number of nitrogens with one attached hydrogen (secondary N) is 1. The van der Waals surface area contributed by atoms with E-state index in [2.05, 4.69) is 27.3 Å². The van der Waals surface area contributed by atoms with Gasteiger partial charge in [-0.3, -0.25) is 14.7 Å². The normalized spacial score (nSPS) is 13.9. The summed E-state index contributed by atoms with van der Waals surface area (Å²) in [5, 5.41) is 3.90. The third kappa shape index (κ3) is 3.50. The molecule has 0 saturated carbocycles. The van der Waals surface area contributed by atoms with Gasteiger partial charge in [0.1, 0.15) is 0 Å². The number of hydrogen-bond donors (Lipinski definition) is 1. The van der Waals surface area contributed by atoms with Gasteiger partial charge in [0.2, 0.25) is 5.95 Å². The van der Waals surface area contributed by atoms with E-state index in [-0.39, 0.29) is 5.56 Å². The van der Waals surface area contributed by atoms with Crippen LogP contribution in [0.4, 0.5) is 11.6 Å². The Labute approximate surface area is 168 Å². The van der Waals surface area contributed by atoms with Gasteiger partial charge >= 0.3 is 0 Å². The van der Waals surface area contributed by atoms with E-state index in [1.54, 1.807) is 23.0 Å². The first-order valence-electron chi connectivity index (χ1n) is 9.78. The molecule has 1 saturated heterocycles. The SMILES string of the molecule is O=c1c2ccccc2nc(Nc2ccc(CN3CCC3)cc2)n1-c1cccnc1. The topological polar surface area (TPSA) is 63.1 Å².